The second-order valence-corrected chi connectivity index (χ2v) is 11.7. The van der Waals surface area contributed by atoms with Crippen molar-refractivity contribution in [3.05, 3.63) is 88.9 Å². The van der Waals surface area contributed by atoms with Crippen molar-refractivity contribution in [3.63, 3.8) is 0 Å². The van der Waals surface area contributed by atoms with Crippen molar-refractivity contribution in [1.29, 1.82) is 0 Å². The first-order valence-corrected chi connectivity index (χ1v) is 13.6. The number of para-hydroxylation sites is 1. The number of urea groups is 1. The van der Waals surface area contributed by atoms with Crippen LogP contribution in [-0.2, 0) is 9.59 Å². The van der Waals surface area contributed by atoms with Gasteiger partial charge in [-0.3, -0.25) is 14.5 Å². The predicted molar refractivity (Wildman–Crippen MR) is 161 cm³/mol. The van der Waals surface area contributed by atoms with Gasteiger partial charge in [0.05, 0.1) is 0 Å². The molecule has 4 rings (SSSR count). The van der Waals surface area contributed by atoms with Crippen molar-refractivity contribution >= 4 is 46.5 Å². The minimum atomic E-state index is -0.981. The Morgan fingerprint density at radius 3 is 2.27 bits per heavy atom. The number of amides is 4. The molecule has 3 N–H and O–H groups in total. The van der Waals surface area contributed by atoms with Gasteiger partial charge in [0.2, 0.25) is 5.91 Å². The quantitative estimate of drug-likeness (QED) is 0.435. The van der Waals surface area contributed by atoms with Gasteiger partial charge >= 0.3 is 6.03 Å². The molecule has 210 valence electrons. The molecule has 0 saturated heterocycles. The van der Waals surface area contributed by atoms with E-state index in [9.17, 15) is 14.4 Å². The first-order valence-electron chi connectivity index (χ1n) is 13.2. The first-order chi connectivity index (χ1) is 18.9. The Hall–Kier alpha value is -4.04. The van der Waals surface area contributed by atoms with Gasteiger partial charge in [-0.25, -0.2) is 4.79 Å². The number of carbonyl (C=O) groups is 3. The molecule has 1 aliphatic rings. The molecule has 3 aromatic rings. The van der Waals surface area contributed by atoms with Crippen LogP contribution in [0.5, 0.6) is 0 Å². The van der Waals surface area contributed by atoms with Crippen molar-refractivity contribution in [2.45, 2.75) is 44.7 Å². The smallest absolute Gasteiger partial charge is 0.320 e. The molecule has 2 atom stereocenters. The molecule has 1 heterocycles. The van der Waals surface area contributed by atoms with Gasteiger partial charge < -0.3 is 20.9 Å². The average molecular weight is 562 g/mol. The van der Waals surface area contributed by atoms with Gasteiger partial charge in [0.1, 0.15) is 12.6 Å². The van der Waals surface area contributed by atoms with Crippen LogP contribution in [0.1, 0.15) is 44.2 Å². The van der Waals surface area contributed by atoms with Gasteiger partial charge in [-0.05, 0) is 74.7 Å². The maximum Gasteiger partial charge on any atom is 0.320 e. The molecule has 0 aliphatic carbocycles. The summed E-state index contributed by atoms with van der Waals surface area (Å²) in [5.74, 6) is -0.974. The highest BCUT2D eigenvalue weighted by atomic mass is 35.5. The third kappa shape index (κ3) is 6.39. The zero-order valence-corrected chi connectivity index (χ0v) is 24.3. The lowest BCUT2D eigenvalue weighted by atomic mass is 9.85. The Kier molecular flexibility index (Phi) is 8.40. The van der Waals surface area contributed by atoms with Crippen molar-refractivity contribution < 1.29 is 14.4 Å². The average Bonchev–Trinajstić information content (AvgIpc) is 2.99. The summed E-state index contributed by atoms with van der Waals surface area (Å²) in [6.45, 7) is 5.44. The molecule has 4 amide bonds. The van der Waals surface area contributed by atoms with Gasteiger partial charge in [0, 0.05) is 47.6 Å². The van der Waals surface area contributed by atoms with Gasteiger partial charge in [-0.2, -0.15) is 0 Å². The summed E-state index contributed by atoms with van der Waals surface area (Å²) in [6, 6.07) is 20.6. The van der Waals surface area contributed by atoms with Crippen LogP contribution >= 0.6 is 11.6 Å². The molecule has 9 heteroatoms. The number of nitrogens with zero attached hydrogens (tertiary/aromatic N) is 3. The topological polar surface area (TPSA) is 99.0 Å². The summed E-state index contributed by atoms with van der Waals surface area (Å²) in [6.07, 6.45) is 0.254. The molecule has 1 aliphatic heterocycles. The zero-order chi connectivity index (χ0) is 29.2. The Morgan fingerprint density at radius 2 is 1.65 bits per heavy atom. The highest BCUT2D eigenvalue weighted by molar-refractivity contribution is 6.30. The molecule has 2 unspecified atom stereocenters. The lowest BCUT2D eigenvalue weighted by Crippen LogP contribution is -2.55. The standard InChI is InChI=1S/C31H36ClN5O3/c1-31(2,3)34-28(38)19-36-26-12-7-6-11-24(26)25(20-13-15-21(32)16-14-20)18-27(29(36)39)37(30(33)40)23-10-8-9-22(17-23)35(4)5/h6-17,25,27H,18-19H2,1-5H3,(H2,33,40)(H,34,38). The fourth-order valence-corrected chi connectivity index (χ4v) is 5.28. The lowest BCUT2D eigenvalue weighted by Gasteiger charge is -2.33. The Balaban J connectivity index is 1.89. The second kappa shape index (κ2) is 11.6. The van der Waals surface area contributed by atoms with Gasteiger partial charge in [-0.15, -0.1) is 0 Å². The number of fused-ring (bicyclic) bond motifs is 1. The van der Waals surface area contributed by atoms with E-state index in [0.717, 1.165) is 16.8 Å². The molecule has 8 nitrogen and oxygen atoms in total. The molecule has 3 aromatic carbocycles. The van der Waals surface area contributed by atoms with E-state index >= 15 is 0 Å². The molecule has 0 aromatic heterocycles. The third-order valence-corrected chi connectivity index (χ3v) is 7.13. The fraction of sp³-hybridized carbons (Fsp3) is 0.323. The number of hydrogen-bond acceptors (Lipinski definition) is 4. The van der Waals surface area contributed by atoms with Gasteiger partial charge in [-0.1, -0.05) is 48.0 Å². The fourth-order valence-electron chi connectivity index (χ4n) is 5.15. The number of halogens is 1. The minimum absolute atomic E-state index is 0.207. The van der Waals surface area contributed by atoms with Crippen LogP contribution in [0.4, 0.5) is 21.9 Å². The monoisotopic (exact) mass is 561 g/mol. The van der Waals surface area contributed by atoms with E-state index < -0.39 is 17.6 Å². The van der Waals surface area contributed by atoms with E-state index in [1.807, 2.05) is 106 Å². The van der Waals surface area contributed by atoms with Crippen LogP contribution in [0, 0.1) is 0 Å². The van der Waals surface area contributed by atoms with Crippen LogP contribution in [0.3, 0.4) is 0 Å². The van der Waals surface area contributed by atoms with Crippen molar-refractivity contribution in [1.82, 2.24) is 5.32 Å². The van der Waals surface area contributed by atoms with Crippen LogP contribution in [0.2, 0.25) is 5.02 Å². The minimum Gasteiger partial charge on any atom is -0.378 e. The number of anilines is 3. The Morgan fingerprint density at radius 1 is 1.00 bits per heavy atom. The number of nitrogens with two attached hydrogens (primary N) is 1. The highest BCUT2D eigenvalue weighted by Gasteiger charge is 2.41. The molecule has 0 saturated carbocycles. The Bertz CT molecular complexity index is 1400. The summed E-state index contributed by atoms with van der Waals surface area (Å²) in [5, 5.41) is 3.54. The van der Waals surface area contributed by atoms with Crippen LogP contribution in [0.25, 0.3) is 0 Å². The largest absolute Gasteiger partial charge is 0.378 e. The van der Waals surface area contributed by atoms with Crippen molar-refractivity contribution in [3.8, 4) is 0 Å². The SMILES string of the molecule is CN(C)c1cccc(N(C(N)=O)C2CC(c3ccc(Cl)cc3)c3ccccc3N(CC(=O)NC(C)(C)C)C2=O)c1. The maximum absolute atomic E-state index is 14.4. The second-order valence-electron chi connectivity index (χ2n) is 11.3. The van der Waals surface area contributed by atoms with Gasteiger partial charge in [0.25, 0.3) is 5.91 Å². The number of hydrogen-bond donors (Lipinski definition) is 2. The summed E-state index contributed by atoms with van der Waals surface area (Å²) in [5.41, 5.74) is 9.27. The lowest BCUT2D eigenvalue weighted by molar-refractivity contribution is -0.125. The number of benzene rings is 3. The summed E-state index contributed by atoms with van der Waals surface area (Å²) in [7, 11) is 3.79. The number of rotatable bonds is 6. The van der Waals surface area contributed by atoms with Crippen LogP contribution in [0.15, 0.2) is 72.8 Å². The van der Waals surface area contributed by atoms with E-state index in [0.29, 0.717) is 16.4 Å². The van der Waals surface area contributed by atoms with E-state index in [2.05, 4.69) is 5.32 Å². The summed E-state index contributed by atoms with van der Waals surface area (Å²) >= 11 is 6.20. The number of carbonyl (C=O) groups excluding carboxylic acids is 3. The summed E-state index contributed by atoms with van der Waals surface area (Å²) < 4.78 is 0. The van der Waals surface area contributed by atoms with Crippen molar-refractivity contribution in [2.24, 2.45) is 5.73 Å². The molecule has 0 radical (unpaired) electrons. The molecule has 0 spiro atoms. The van der Waals surface area contributed by atoms with Crippen LogP contribution < -0.4 is 25.8 Å². The van der Waals surface area contributed by atoms with E-state index in [1.54, 1.807) is 6.07 Å². The normalized spacial score (nSPS) is 17.1. The van der Waals surface area contributed by atoms with Crippen molar-refractivity contribution in [2.75, 3.05) is 35.3 Å². The predicted octanol–water partition coefficient (Wildman–Crippen LogP) is 5.14. The van der Waals surface area contributed by atoms with E-state index in [-0.39, 0.29) is 30.7 Å². The molecule has 0 fully saturated rings. The highest BCUT2D eigenvalue weighted by Crippen LogP contribution is 2.41. The molecule has 40 heavy (non-hydrogen) atoms. The summed E-state index contributed by atoms with van der Waals surface area (Å²) in [4.78, 5) is 45.4. The first kappa shape index (κ1) is 29.0. The van der Waals surface area contributed by atoms with Crippen LogP contribution in [-0.4, -0.2) is 50.1 Å². The Labute approximate surface area is 240 Å². The third-order valence-electron chi connectivity index (χ3n) is 6.87. The zero-order valence-electron chi connectivity index (χ0n) is 23.5. The number of primary amides is 1. The molecular weight excluding hydrogens is 526 g/mol. The number of nitrogens with one attached hydrogen (secondary N) is 1. The van der Waals surface area contributed by atoms with E-state index in [4.69, 9.17) is 17.3 Å². The maximum atomic E-state index is 14.4. The van der Waals surface area contributed by atoms with Gasteiger partial charge in [0.15, 0.2) is 0 Å². The van der Waals surface area contributed by atoms with E-state index in [1.165, 1.54) is 9.80 Å². The molecular formula is C31H36ClN5O3. The molecule has 0 bridgehead atoms.